The number of nitrogens with zero attached hydrogens (tertiary/aromatic N) is 1. The highest BCUT2D eigenvalue weighted by molar-refractivity contribution is 7.21. The van der Waals surface area contributed by atoms with Gasteiger partial charge in [-0.25, -0.2) is 4.98 Å². The van der Waals surface area contributed by atoms with Gasteiger partial charge in [-0.1, -0.05) is 218 Å². The molecule has 1 heterocycles. The van der Waals surface area contributed by atoms with Gasteiger partial charge in [0.1, 0.15) is 5.01 Å². The molecule has 310 valence electrons. The standard InChI is InChI=1S/C65H39NS/c1-3-23-49-47(21-1)61(40-33-35-41(36-34-40)63-66-59-31-15-16-32-60(59)67-63)48-22-2-4-24-50(48)62(49)42-37-38-57-58(39-42)65(53-27-11-7-19-45(53)46-20-8-12-28-54(46)65)56-30-14-13-29-55(56)64(57)51-25-9-5-17-43(51)44-18-6-10-26-52(44)64/h1-39H. The third kappa shape index (κ3) is 4.75. The number of para-hydroxylation sites is 1. The van der Waals surface area contributed by atoms with Crippen LogP contribution in [-0.2, 0) is 10.8 Å². The summed E-state index contributed by atoms with van der Waals surface area (Å²) in [6.45, 7) is 0. The van der Waals surface area contributed by atoms with Gasteiger partial charge >= 0.3 is 0 Å². The number of hydrogen-bond acceptors (Lipinski definition) is 2. The van der Waals surface area contributed by atoms with Gasteiger partial charge in [-0.3, -0.25) is 0 Å². The molecule has 0 saturated carbocycles. The van der Waals surface area contributed by atoms with Gasteiger partial charge in [-0.05, 0) is 129 Å². The van der Waals surface area contributed by atoms with Gasteiger partial charge in [0.15, 0.2) is 0 Å². The summed E-state index contributed by atoms with van der Waals surface area (Å²) in [4.78, 5) is 4.99. The summed E-state index contributed by atoms with van der Waals surface area (Å²) in [6.07, 6.45) is 0. The summed E-state index contributed by atoms with van der Waals surface area (Å²) in [5.41, 5.74) is 22.0. The van der Waals surface area contributed by atoms with Gasteiger partial charge in [0, 0.05) is 5.56 Å². The summed E-state index contributed by atoms with van der Waals surface area (Å²) in [5.74, 6) is 0. The number of hydrogen-bond donors (Lipinski definition) is 0. The fourth-order valence-electron chi connectivity index (χ4n) is 12.9. The van der Waals surface area contributed by atoms with E-state index in [1.54, 1.807) is 11.3 Å². The Kier molecular flexibility index (Phi) is 7.58. The van der Waals surface area contributed by atoms with Crippen LogP contribution in [-0.4, -0.2) is 4.98 Å². The van der Waals surface area contributed by atoms with Crippen molar-refractivity contribution in [2.24, 2.45) is 0 Å². The van der Waals surface area contributed by atoms with Gasteiger partial charge in [0.05, 0.1) is 21.0 Å². The Morgan fingerprint density at radius 2 is 0.642 bits per heavy atom. The normalized spacial score (nSPS) is 14.2. The van der Waals surface area contributed by atoms with Crippen molar-refractivity contribution in [1.29, 1.82) is 0 Å². The van der Waals surface area contributed by atoms with E-state index >= 15 is 0 Å². The van der Waals surface area contributed by atoms with Crippen molar-refractivity contribution in [3.8, 4) is 55.1 Å². The van der Waals surface area contributed by atoms with Crippen LogP contribution < -0.4 is 0 Å². The second-order valence-electron chi connectivity index (χ2n) is 18.4. The minimum absolute atomic E-state index is 0.527. The zero-order valence-corrected chi connectivity index (χ0v) is 37.2. The monoisotopic (exact) mass is 865 g/mol. The van der Waals surface area contributed by atoms with E-state index in [1.165, 1.54) is 115 Å². The Labute approximate surface area is 393 Å². The van der Waals surface area contributed by atoms with Crippen LogP contribution in [0.4, 0.5) is 0 Å². The molecule has 0 bridgehead atoms. The van der Waals surface area contributed by atoms with E-state index < -0.39 is 10.8 Å². The number of fused-ring (bicyclic) bond motifs is 19. The van der Waals surface area contributed by atoms with Crippen LogP contribution in [0.25, 0.3) is 86.8 Å². The second-order valence-corrected chi connectivity index (χ2v) is 19.4. The number of benzene rings is 11. The molecule has 0 fully saturated rings. The van der Waals surface area contributed by atoms with Gasteiger partial charge in [-0.15, -0.1) is 11.3 Å². The molecular formula is C65H39NS. The average molecular weight is 866 g/mol. The first-order chi connectivity index (χ1) is 33.2. The highest BCUT2D eigenvalue weighted by Gasteiger charge is 2.59. The van der Waals surface area contributed by atoms with Crippen molar-refractivity contribution < 1.29 is 0 Å². The molecule has 67 heavy (non-hydrogen) atoms. The van der Waals surface area contributed by atoms with Crippen LogP contribution in [0.15, 0.2) is 237 Å². The Balaban J connectivity index is 1.03. The molecule has 0 amide bonds. The first-order valence-electron chi connectivity index (χ1n) is 23.3. The van der Waals surface area contributed by atoms with E-state index in [1.807, 2.05) is 0 Å². The predicted molar refractivity (Wildman–Crippen MR) is 279 cm³/mol. The molecule has 0 unspecified atom stereocenters. The largest absolute Gasteiger partial charge is 0.236 e. The van der Waals surface area contributed by atoms with Crippen LogP contribution >= 0.6 is 11.3 Å². The topological polar surface area (TPSA) is 12.9 Å². The van der Waals surface area contributed by atoms with Gasteiger partial charge in [0.25, 0.3) is 0 Å². The van der Waals surface area contributed by atoms with Crippen LogP contribution in [0.3, 0.4) is 0 Å². The molecule has 0 N–H and O–H groups in total. The second kappa shape index (κ2) is 13.7. The Morgan fingerprint density at radius 3 is 1.13 bits per heavy atom. The van der Waals surface area contributed by atoms with Crippen LogP contribution in [0, 0.1) is 0 Å². The maximum Gasteiger partial charge on any atom is 0.124 e. The summed E-state index contributed by atoms with van der Waals surface area (Å²) >= 11 is 1.75. The smallest absolute Gasteiger partial charge is 0.124 e. The quantitative estimate of drug-likeness (QED) is 0.161. The molecule has 3 aliphatic rings. The molecular weight excluding hydrogens is 827 g/mol. The molecule has 2 spiro atoms. The molecule has 11 aromatic carbocycles. The molecule has 2 heteroatoms. The van der Waals surface area contributed by atoms with Crippen molar-refractivity contribution in [2.45, 2.75) is 10.8 Å². The molecule has 12 aromatic rings. The molecule has 3 aliphatic carbocycles. The van der Waals surface area contributed by atoms with Crippen LogP contribution in [0.1, 0.15) is 44.5 Å². The molecule has 15 rings (SSSR count). The minimum atomic E-state index is -0.566. The van der Waals surface area contributed by atoms with E-state index in [2.05, 4.69) is 237 Å². The summed E-state index contributed by atoms with van der Waals surface area (Å²) in [7, 11) is 0. The summed E-state index contributed by atoms with van der Waals surface area (Å²) in [5, 5.41) is 6.02. The van der Waals surface area contributed by atoms with E-state index in [0.29, 0.717) is 0 Å². The molecule has 1 aromatic heterocycles. The Bertz CT molecular complexity index is 3880. The average Bonchev–Trinajstić information content (AvgIpc) is 4.06. The molecule has 0 radical (unpaired) electrons. The van der Waals surface area contributed by atoms with E-state index in [4.69, 9.17) is 4.98 Å². The van der Waals surface area contributed by atoms with Crippen molar-refractivity contribution in [3.05, 3.63) is 281 Å². The van der Waals surface area contributed by atoms with Gasteiger partial charge in [-0.2, -0.15) is 0 Å². The van der Waals surface area contributed by atoms with Crippen molar-refractivity contribution >= 4 is 43.1 Å². The minimum Gasteiger partial charge on any atom is -0.236 e. The summed E-state index contributed by atoms with van der Waals surface area (Å²) < 4.78 is 1.21. The Morgan fingerprint density at radius 1 is 0.284 bits per heavy atom. The maximum absolute atomic E-state index is 4.99. The third-order valence-electron chi connectivity index (χ3n) is 15.4. The van der Waals surface area contributed by atoms with E-state index in [-0.39, 0.29) is 0 Å². The number of thiazole rings is 1. The van der Waals surface area contributed by atoms with Crippen molar-refractivity contribution in [2.75, 3.05) is 0 Å². The SMILES string of the molecule is c1ccc2c(c1)-c1ccccc1C21c2ccccc2C2(c3ccccc3-c3ccccc32)c2cc(-c3c4ccccc4c(-c4ccc(-c5nc6ccccc6s5)cc4)c4ccccc34)ccc21. The molecule has 1 nitrogen and oxygen atoms in total. The zero-order valence-electron chi connectivity index (χ0n) is 36.4. The van der Waals surface area contributed by atoms with Crippen LogP contribution in [0.2, 0.25) is 0 Å². The number of aromatic nitrogens is 1. The first-order valence-corrected chi connectivity index (χ1v) is 24.1. The van der Waals surface area contributed by atoms with Crippen molar-refractivity contribution in [1.82, 2.24) is 4.98 Å². The van der Waals surface area contributed by atoms with Crippen molar-refractivity contribution in [3.63, 3.8) is 0 Å². The molecule has 0 saturated heterocycles. The predicted octanol–water partition coefficient (Wildman–Crippen LogP) is 16.6. The first kappa shape index (κ1) is 37.1. The lowest BCUT2D eigenvalue weighted by Crippen LogP contribution is -2.43. The lowest BCUT2D eigenvalue weighted by Gasteiger charge is -2.49. The molecule has 0 atom stereocenters. The third-order valence-corrected chi connectivity index (χ3v) is 16.5. The Hall–Kier alpha value is -8.17. The maximum atomic E-state index is 4.99. The van der Waals surface area contributed by atoms with Gasteiger partial charge in [0.2, 0.25) is 0 Å². The van der Waals surface area contributed by atoms with Gasteiger partial charge < -0.3 is 0 Å². The highest BCUT2D eigenvalue weighted by Crippen LogP contribution is 2.67. The fourth-order valence-corrected chi connectivity index (χ4v) is 13.9. The molecule has 0 aliphatic heterocycles. The van der Waals surface area contributed by atoms with E-state index in [0.717, 1.165) is 16.1 Å². The van der Waals surface area contributed by atoms with E-state index in [9.17, 15) is 0 Å². The zero-order chi connectivity index (χ0) is 43.8. The lowest BCUT2D eigenvalue weighted by atomic mass is 9.52. The fraction of sp³-hybridized carbons (Fsp3) is 0.0308. The van der Waals surface area contributed by atoms with Crippen LogP contribution in [0.5, 0.6) is 0 Å². The number of rotatable bonds is 3. The summed E-state index contributed by atoms with van der Waals surface area (Å²) in [6, 6.07) is 89.3. The lowest BCUT2D eigenvalue weighted by molar-refractivity contribution is 0.633. The highest BCUT2D eigenvalue weighted by atomic mass is 32.1.